The number of aliphatic hydroxyl groups excluding tert-OH is 1. The number of hydrogen-bond donors (Lipinski definition) is 2. The van der Waals surface area contributed by atoms with E-state index in [-0.39, 0.29) is 6.61 Å². The molecular formula is C7H7N3OS. The van der Waals surface area contributed by atoms with E-state index in [4.69, 9.17) is 10.8 Å². The Kier molecular flexibility index (Phi) is 1.67. The molecule has 5 heteroatoms. The van der Waals surface area contributed by atoms with Crippen LogP contribution in [0.4, 0.5) is 5.69 Å². The molecule has 12 heavy (non-hydrogen) atoms. The molecule has 0 fully saturated rings. The molecule has 2 rings (SSSR count). The molecule has 0 saturated heterocycles. The van der Waals surface area contributed by atoms with Gasteiger partial charge in [0.2, 0.25) is 0 Å². The van der Waals surface area contributed by atoms with Crippen molar-refractivity contribution in [3.8, 4) is 0 Å². The molecule has 2 aromatic heterocycles. The van der Waals surface area contributed by atoms with E-state index < -0.39 is 0 Å². The van der Waals surface area contributed by atoms with Crippen LogP contribution in [0, 0.1) is 0 Å². The van der Waals surface area contributed by atoms with Gasteiger partial charge in [-0.15, -0.1) is 0 Å². The van der Waals surface area contributed by atoms with Crippen molar-refractivity contribution in [2.45, 2.75) is 6.61 Å². The molecular weight excluding hydrogens is 174 g/mol. The third-order valence-electron chi connectivity index (χ3n) is 1.45. The van der Waals surface area contributed by atoms with Crippen LogP contribution in [0.3, 0.4) is 0 Å². The highest BCUT2D eigenvalue weighted by atomic mass is 32.1. The number of pyridine rings is 1. The third kappa shape index (κ3) is 1.13. The van der Waals surface area contributed by atoms with Gasteiger partial charge >= 0.3 is 0 Å². The summed E-state index contributed by atoms with van der Waals surface area (Å²) in [7, 11) is 0. The van der Waals surface area contributed by atoms with Gasteiger partial charge in [-0.05, 0) is 6.07 Å². The molecule has 0 amide bonds. The summed E-state index contributed by atoms with van der Waals surface area (Å²) in [5, 5.41) is 9.47. The molecule has 0 radical (unpaired) electrons. The van der Waals surface area contributed by atoms with Crippen LogP contribution in [0.1, 0.15) is 5.01 Å². The second-order valence-corrected chi connectivity index (χ2v) is 3.42. The highest BCUT2D eigenvalue weighted by Gasteiger charge is 2.03. The molecule has 0 atom stereocenters. The molecule has 0 aliphatic carbocycles. The highest BCUT2D eigenvalue weighted by Crippen LogP contribution is 2.20. The highest BCUT2D eigenvalue weighted by molar-refractivity contribution is 7.18. The predicted octanol–water partition coefficient (Wildman–Crippen LogP) is 0.766. The van der Waals surface area contributed by atoms with Crippen molar-refractivity contribution in [1.29, 1.82) is 0 Å². The Balaban J connectivity index is 2.67. The first-order chi connectivity index (χ1) is 5.79. The molecule has 3 N–H and O–H groups in total. The van der Waals surface area contributed by atoms with Crippen LogP contribution in [0.5, 0.6) is 0 Å². The van der Waals surface area contributed by atoms with Gasteiger partial charge in [0.05, 0.1) is 18.5 Å². The number of thiazole rings is 1. The molecule has 62 valence electrons. The SMILES string of the molecule is Nc1cnc2sc(CO)nc2c1. The Hall–Kier alpha value is -1.20. The summed E-state index contributed by atoms with van der Waals surface area (Å²) in [6, 6.07) is 1.75. The van der Waals surface area contributed by atoms with Crippen molar-refractivity contribution in [2.24, 2.45) is 0 Å². The first kappa shape index (κ1) is 7.45. The van der Waals surface area contributed by atoms with Gasteiger partial charge in [0, 0.05) is 0 Å². The molecule has 0 aliphatic rings. The Morgan fingerprint density at radius 2 is 2.42 bits per heavy atom. The van der Waals surface area contributed by atoms with Gasteiger partial charge in [0.15, 0.2) is 0 Å². The first-order valence-electron chi connectivity index (χ1n) is 3.41. The minimum Gasteiger partial charge on any atom is -0.397 e. The second kappa shape index (κ2) is 2.69. The van der Waals surface area contributed by atoms with Gasteiger partial charge in [-0.3, -0.25) is 0 Å². The zero-order valence-electron chi connectivity index (χ0n) is 6.19. The molecule has 0 aliphatic heterocycles. The summed E-state index contributed by atoms with van der Waals surface area (Å²) in [5.41, 5.74) is 6.86. The lowest BCUT2D eigenvalue weighted by molar-refractivity contribution is 0.281. The van der Waals surface area contributed by atoms with Crippen LogP contribution in [0.25, 0.3) is 10.3 Å². The number of fused-ring (bicyclic) bond motifs is 1. The van der Waals surface area contributed by atoms with E-state index in [1.54, 1.807) is 12.3 Å². The van der Waals surface area contributed by atoms with Crippen molar-refractivity contribution < 1.29 is 5.11 Å². The van der Waals surface area contributed by atoms with Crippen molar-refractivity contribution in [3.63, 3.8) is 0 Å². The van der Waals surface area contributed by atoms with E-state index >= 15 is 0 Å². The molecule has 0 aromatic carbocycles. The van der Waals surface area contributed by atoms with Gasteiger partial charge in [-0.1, -0.05) is 11.3 Å². The molecule has 0 bridgehead atoms. The largest absolute Gasteiger partial charge is 0.397 e. The van der Waals surface area contributed by atoms with Crippen LogP contribution in [0.2, 0.25) is 0 Å². The fraction of sp³-hybridized carbons (Fsp3) is 0.143. The smallest absolute Gasteiger partial charge is 0.143 e. The van der Waals surface area contributed by atoms with E-state index in [1.165, 1.54) is 11.3 Å². The van der Waals surface area contributed by atoms with E-state index in [0.29, 0.717) is 10.7 Å². The van der Waals surface area contributed by atoms with Crippen LogP contribution >= 0.6 is 11.3 Å². The number of aliphatic hydroxyl groups is 1. The number of nitrogens with zero attached hydrogens (tertiary/aromatic N) is 2. The van der Waals surface area contributed by atoms with Crippen LogP contribution < -0.4 is 5.73 Å². The fourth-order valence-corrected chi connectivity index (χ4v) is 1.70. The molecule has 2 aromatic rings. The molecule has 2 heterocycles. The normalized spacial score (nSPS) is 10.8. The molecule has 0 spiro atoms. The van der Waals surface area contributed by atoms with Gasteiger partial charge in [0.25, 0.3) is 0 Å². The number of nitrogens with two attached hydrogens (primary N) is 1. The minimum atomic E-state index is -0.0407. The summed E-state index contributed by atoms with van der Waals surface area (Å²) >= 11 is 1.38. The maximum atomic E-state index is 8.80. The number of nitrogen functional groups attached to an aromatic ring is 1. The lowest BCUT2D eigenvalue weighted by Gasteiger charge is -1.88. The van der Waals surface area contributed by atoms with Crippen molar-refractivity contribution >= 4 is 27.4 Å². The number of anilines is 1. The predicted molar refractivity (Wildman–Crippen MR) is 47.8 cm³/mol. The van der Waals surface area contributed by atoms with Crippen LogP contribution in [-0.4, -0.2) is 15.1 Å². The Morgan fingerprint density at radius 3 is 3.17 bits per heavy atom. The summed E-state index contributed by atoms with van der Waals surface area (Å²) in [5.74, 6) is 0. The molecule has 4 nitrogen and oxygen atoms in total. The number of hydrogen-bond acceptors (Lipinski definition) is 5. The van der Waals surface area contributed by atoms with E-state index in [0.717, 1.165) is 10.3 Å². The summed E-state index contributed by atoms with van der Waals surface area (Å²) < 4.78 is 0. The Morgan fingerprint density at radius 1 is 1.58 bits per heavy atom. The lowest BCUT2D eigenvalue weighted by Crippen LogP contribution is -1.85. The van der Waals surface area contributed by atoms with Crippen LogP contribution in [0.15, 0.2) is 12.3 Å². The summed E-state index contributed by atoms with van der Waals surface area (Å²) in [6.07, 6.45) is 1.58. The van der Waals surface area contributed by atoms with E-state index in [1.807, 2.05) is 0 Å². The first-order valence-corrected chi connectivity index (χ1v) is 4.23. The average molecular weight is 181 g/mol. The van der Waals surface area contributed by atoms with Gasteiger partial charge in [-0.2, -0.15) is 0 Å². The van der Waals surface area contributed by atoms with E-state index in [2.05, 4.69) is 9.97 Å². The minimum absolute atomic E-state index is 0.0407. The monoisotopic (exact) mass is 181 g/mol. The fourth-order valence-electron chi connectivity index (χ4n) is 0.951. The van der Waals surface area contributed by atoms with Crippen LogP contribution in [-0.2, 0) is 6.61 Å². The second-order valence-electron chi connectivity index (χ2n) is 2.36. The lowest BCUT2D eigenvalue weighted by atomic mass is 10.4. The number of aromatic nitrogens is 2. The average Bonchev–Trinajstić information content (AvgIpc) is 2.46. The maximum absolute atomic E-state index is 8.80. The maximum Gasteiger partial charge on any atom is 0.143 e. The van der Waals surface area contributed by atoms with Crippen molar-refractivity contribution in [2.75, 3.05) is 5.73 Å². The van der Waals surface area contributed by atoms with Gasteiger partial charge in [-0.25, -0.2) is 9.97 Å². The summed E-state index contributed by atoms with van der Waals surface area (Å²) in [4.78, 5) is 9.00. The Bertz CT molecular complexity index is 412. The van der Waals surface area contributed by atoms with E-state index in [9.17, 15) is 0 Å². The molecule has 0 unspecified atom stereocenters. The van der Waals surface area contributed by atoms with Gasteiger partial charge in [0.1, 0.15) is 15.4 Å². The zero-order valence-corrected chi connectivity index (χ0v) is 7.01. The quantitative estimate of drug-likeness (QED) is 0.681. The standard InChI is InChI=1S/C7H7N3OS/c8-4-1-5-7(9-2-4)12-6(3-11)10-5/h1-2,11H,3,8H2. The topological polar surface area (TPSA) is 72.0 Å². The molecule has 0 saturated carbocycles. The zero-order chi connectivity index (χ0) is 8.55. The number of rotatable bonds is 1. The Labute approximate surface area is 72.7 Å². The van der Waals surface area contributed by atoms with Crippen molar-refractivity contribution in [3.05, 3.63) is 17.3 Å². The third-order valence-corrected chi connectivity index (χ3v) is 2.41. The van der Waals surface area contributed by atoms with Gasteiger partial charge < -0.3 is 10.8 Å². The van der Waals surface area contributed by atoms with Crippen molar-refractivity contribution in [1.82, 2.24) is 9.97 Å². The summed E-state index contributed by atoms with van der Waals surface area (Å²) in [6.45, 7) is -0.0407.